The number of urea groups is 1. The van der Waals surface area contributed by atoms with Crippen LogP contribution >= 0.6 is 0 Å². The first-order chi connectivity index (χ1) is 14.3. The van der Waals surface area contributed by atoms with Gasteiger partial charge in [-0.05, 0) is 51.4 Å². The molecule has 9 heteroatoms. The fourth-order valence-electron chi connectivity index (χ4n) is 3.42. The fourth-order valence-corrected chi connectivity index (χ4v) is 3.42. The zero-order valence-corrected chi connectivity index (χ0v) is 17.7. The van der Waals surface area contributed by atoms with Crippen LogP contribution in [0.25, 0.3) is 0 Å². The molecule has 0 bridgehead atoms. The molecule has 0 radical (unpaired) electrons. The van der Waals surface area contributed by atoms with Crippen molar-refractivity contribution in [2.24, 2.45) is 0 Å². The van der Waals surface area contributed by atoms with Crippen LogP contribution in [-0.2, 0) is 11.3 Å². The highest BCUT2D eigenvalue weighted by molar-refractivity contribution is 5.96. The summed E-state index contributed by atoms with van der Waals surface area (Å²) in [5, 5.41) is 5.25. The maximum atomic E-state index is 12.5. The minimum absolute atomic E-state index is 0.0385. The number of ether oxygens (including phenoxy) is 2. The summed E-state index contributed by atoms with van der Waals surface area (Å²) in [5.41, 5.74) is 0.758. The molecule has 1 saturated carbocycles. The van der Waals surface area contributed by atoms with Crippen molar-refractivity contribution in [1.82, 2.24) is 15.5 Å². The number of benzene rings is 1. The molecule has 0 aromatic heterocycles. The summed E-state index contributed by atoms with van der Waals surface area (Å²) in [6, 6.07) is 3.73. The maximum Gasteiger partial charge on any atom is 0.387 e. The van der Waals surface area contributed by atoms with Gasteiger partial charge in [-0.2, -0.15) is 8.78 Å². The molecule has 168 valence electrons. The van der Waals surface area contributed by atoms with Gasteiger partial charge in [0.05, 0.1) is 12.6 Å². The molecule has 1 atom stereocenters. The van der Waals surface area contributed by atoms with Crippen molar-refractivity contribution in [1.29, 1.82) is 0 Å². The van der Waals surface area contributed by atoms with E-state index in [2.05, 4.69) is 15.4 Å². The largest absolute Gasteiger partial charge is 0.490 e. The van der Waals surface area contributed by atoms with Crippen molar-refractivity contribution in [2.45, 2.75) is 71.2 Å². The molecule has 0 spiro atoms. The zero-order chi connectivity index (χ0) is 22.1. The van der Waals surface area contributed by atoms with Gasteiger partial charge in [0.15, 0.2) is 11.5 Å². The van der Waals surface area contributed by atoms with E-state index in [0.717, 1.165) is 31.2 Å². The average molecular weight is 427 g/mol. The molecule has 2 rings (SSSR count). The summed E-state index contributed by atoms with van der Waals surface area (Å²) in [7, 11) is 1.74. The third-order valence-corrected chi connectivity index (χ3v) is 5.17. The predicted octanol–water partition coefficient (Wildman–Crippen LogP) is 3.67. The maximum absolute atomic E-state index is 12.5. The van der Waals surface area contributed by atoms with E-state index in [0.29, 0.717) is 13.2 Å². The molecule has 0 aliphatic heterocycles. The summed E-state index contributed by atoms with van der Waals surface area (Å²) < 4.78 is 34.9. The van der Waals surface area contributed by atoms with Crippen molar-refractivity contribution in [3.8, 4) is 11.5 Å². The quantitative estimate of drug-likeness (QED) is 0.629. The number of alkyl halides is 2. The molecule has 0 saturated heterocycles. The molecule has 3 amide bonds. The third-order valence-electron chi connectivity index (χ3n) is 5.17. The average Bonchev–Trinajstić information content (AvgIpc) is 2.69. The van der Waals surface area contributed by atoms with Crippen LogP contribution in [0.3, 0.4) is 0 Å². The van der Waals surface area contributed by atoms with Gasteiger partial charge in [-0.25, -0.2) is 4.79 Å². The molecular weight excluding hydrogens is 396 g/mol. The van der Waals surface area contributed by atoms with E-state index in [1.165, 1.54) is 12.5 Å². The van der Waals surface area contributed by atoms with E-state index in [1.807, 2.05) is 0 Å². The molecule has 1 unspecified atom stereocenters. The number of amides is 3. The van der Waals surface area contributed by atoms with Gasteiger partial charge in [0.25, 0.3) is 0 Å². The Bertz CT molecular complexity index is 711. The van der Waals surface area contributed by atoms with Crippen LogP contribution in [0, 0.1) is 0 Å². The summed E-state index contributed by atoms with van der Waals surface area (Å²) in [6.45, 7) is 1.15. The Kier molecular flexibility index (Phi) is 9.29. The molecule has 0 heterocycles. The summed E-state index contributed by atoms with van der Waals surface area (Å²) in [6.07, 6.45) is 5.22. The minimum Gasteiger partial charge on any atom is -0.490 e. The van der Waals surface area contributed by atoms with Crippen LogP contribution in [-0.4, -0.2) is 49.2 Å². The molecule has 30 heavy (non-hydrogen) atoms. The Labute approximate surface area is 176 Å². The van der Waals surface area contributed by atoms with Crippen LogP contribution in [0.15, 0.2) is 18.2 Å². The van der Waals surface area contributed by atoms with Crippen molar-refractivity contribution < 1.29 is 27.8 Å². The standard InChI is InChI=1S/C21H31F2N3O4/c1-4-29-18-12-15(10-11-17(18)30-20(22)23)13-26(3)14(2)19(27)25-21(28)24-16-8-6-5-7-9-16/h10-12,14,16,20H,4-9,13H2,1-3H3,(H2,24,25,27,28). The first-order valence-electron chi connectivity index (χ1n) is 10.3. The smallest absolute Gasteiger partial charge is 0.387 e. The van der Waals surface area contributed by atoms with E-state index in [9.17, 15) is 18.4 Å². The number of carbonyl (C=O) groups is 2. The van der Waals surface area contributed by atoms with Gasteiger partial charge in [0.1, 0.15) is 0 Å². The van der Waals surface area contributed by atoms with E-state index in [4.69, 9.17) is 4.74 Å². The van der Waals surface area contributed by atoms with E-state index < -0.39 is 24.6 Å². The lowest BCUT2D eigenvalue weighted by Gasteiger charge is -2.26. The van der Waals surface area contributed by atoms with Gasteiger partial charge in [0, 0.05) is 12.6 Å². The van der Waals surface area contributed by atoms with Crippen LogP contribution in [0.4, 0.5) is 13.6 Å². The Morgan fingerprint density at radius 1 is 1.20 bits per heavy atom. The molecule has 1 aliphatic rings. The van der Waals surface area contributed by atoms with E-state index in [1.54, 1.807) is 37.9 Å². The van der Waals surface area contributed by atoms with Crippen LogP contribution < -0.4 is 20.1 Å². The number of rotatable bonds is 9. The van der Waals surface area contributed by atoms with E-state index >= 15 is 0 Å². The van der Waals surface area contributed by atoms with Crippen molar-refractivity contribution in [2.75, 3.05) is 13.7 Å². The van der Waals surface area contributed by atoms with Gasteiger partial charge in [-0.15, -0.1) is 0 Å². The Balaban J connectivity index is 1.91. The second-order valence-electron chi connectivity index (χ2n) is 7.48. The lowest BCUT2D eigenvalue weighted by atomic mass is 9.96. The van der Waals surface area contributed by atoms with Gasteiger partial charge >= 0.3 is 12.6 Å². The number of halogens is 2. The Morgan fingerprint density at radius 2 is 1.90 bits per heavy atom. The summed E-state index contributed by atoms with van der Waals surface area (Å²) in [4.78, 5) is 26.3. The number of nitrogens with zero attached hydrogens (tertiary/aromatic N) is 1. The topological polar surface area (TPSA) is 79.9 Å². The highest BCUT2D eigenvalue weighted by atomic mass is 19.3. The lowest BCUT2D eigenvalue weighted by Crippen LogP contribution is -2.50. The first kappa shape index (κ1) is 23.9. The summed E-state index contributed by atoms with van der Waals surface area (Å²) in [5.74, 6) is -0.232. The van der Waals surface area contributed by atoms with Crippen molar-refractivity contribution in [3.05, 3.63) is 23.8 Å². The number of imide groups is 1. The number of nitrogens with one attached hydrogen (secondary N) is 2. The second kappa shape index (κ2) is 11.7. The normalized spacial score (nSPS) is 15.7. The van der Waals surface area contributed by atoms with E-state index in [-0.39, 0.29) is 17.5 Å². The second-order valence-corrected chi connectivity index (χ2v) is 7.48. The molecule has 1 aliphatic carbocycles. The molecule has 1 aromatic carbocycles. The predicted molar refractivity (Wildman–Crippen MR) is 109 cm³/mol. The third kappa shape index (κ3) is 7.44. The SMILES string of the molecule is CCOc1cc(CN(C)C(C)C(=O)NC(=O)NC2CCCCC2)ccc1OC(F)F. The minimum atomic E-state index is -2.94. The lowest BCUT2D eigenvalue weighted by molar-refractivity contribution is -0.124. The molecular formula is C21H31F2N3O4. The molecule has 1 aromatic rings. The summed E-state index contributed by atoms with van der Waals surface area (Å²) >= 11 is 0. The highest BCUT2D eigenvalue weighted by Crippen LogP contribution is 2.30. The van der Waals surface area contributed by atoms with Gasteiger partial charge in [0.2, 0.25) is 5.91 Å². The number of hydrogen-bond donors (Lipinski definition) is 2. The van der Waals surface area contributed by atoms with Gasteiger partial charge < -0.3 is 14.8 Å². The van der Waals surface area contributed by atoms with Crippen LogP contribution in [0.5, 0.6) is 11.5 Å². The number of likely N-dealkylation sites (N-methyl/N-ethyl adjacent to an activating group) is 1. The van der Waals surface area contributed by atoms with Crippen LogP contribution in [0.1, 0.15) is 51.5 Å². The monoisotopic (exact) mass is 427 g/mol. The highest BCUT2D eigenvalue weighted by Gasteiger charge is 2.23. The van der Waals surface area contributed by atoms with Gasteiger partial charge in [-0.3, -0.25) is 15.0 Å². The Morgan fingerprint density at radius 3 is 2.53 bits per heavy atom. The van der Waals surface area contributed by atoms with Crippen LogP contribution in [0.2, 0.25) is 0 Å². The molecule has 7 nitrogen and oxygen atoms in total. The number of hydrogen-bond acceptors (Lipinski definition) is 5. The van der Waals surface area contributed by atoms with Gasteiger partial charge in [-0.1, -0.05) is 25.3 Å². The number of carbonyl (C=O) groups excluding carboxylic acids is 2. The van der Waals surface area contributed by atoms with Crippen molar-refractivity contribution in [3.63, 3.8) is 0 Å². The Hall–Kier alpha value is -2.42. The molecule has 2 N–H and O–H groups in total. The van der Waals surface area contributed by atoms with Crippen molar-refractivity contribution >= 4 is 11.9 Å². The zero-order valence-electron chi connectivity index (χ0n) is 17.7. The first-order valence-corrected chi connectivity index (χ1v) is 10.3. The fraction of sp³-hybridized carbons (Fsp3) is 0.619. The molecule has 1 fully saturated rings.